The number of hydrogen-bond donors (Lipinski definition) is 1. The van der Waals surface area contributed by atoms with Gasteiger partial charge in [-0.3, -0.25) is 9.69 Å². The van der Waals surface area contributed by atoms with Crippen LogP contribution in [0.15, 0.2) is 0 Å². The van der Waals surface area contributed by atoms with E-state index in [9.17, 15) is 9.90 Å². The minimum atomic E-state index is -0.646. The lowest BCUT2D eigenvalue weighted by Gasteiger charge is -2.60. The topological polar surface area (TPSA) is 40.5 Å². The summed E-state index contributed by atoms with van der Waals surface area (Å²) in [5.74, 6) is 2.98. The molecule has 3 nitrogen and oxygen atoms in total. The van der Waals surface area contributed by atoms with Crippen molar-refractivity contribution >= 4 is 5.97 Å². The van der Waals surface area contributed by atoms with Crippen molar-refractivity contribution < 1.29 is 9.90 Å². The Balaban J connectivity index is 1.53. The second-order valence-corrected chi connectivity index (χ2v) is 8.72. The second kappa shape index (κ2) is 4.97. The highest BCUT2D eigenvalue weighted by molar-refractivity contribution is 5.69. The number of carboxylic acid groups (broad SMARTS) is 1. The molecule has 0 aromatic heterocycles. The van der Waals surface area contributed by atoms with Crippen LogP contribution in [0.5, 0.6) is 0 Å². The van der Waals surface area contributed by atoms with Gasteiger partial charge in [-0.2, -0.15) is 0 Å². The molecule has 0 aromatic carbocycles. The minimum absolute atomic E-state index is 0.249. The molecule has 1 N–H and O–H groups in total. The van der Waals surface area contributed by atoms with Gasteiger partial charge in [0.2, 0.25) is 0 Å². The van der Waals surface area contributed by atoms with Crippen LogP contribution in [0.4, 0.5) is 0 Å². The number of rotatable bonds is 6. The third-order valence-electron chi connectivity index (χ3n) is 7.05. The van der Waals surface area contributed by atoms with E-state index in [4.69, 9.17) is 0 Å². The molecule has 5 aliphatic rings. The molecule has 1 atom stereocenters. The van der Waals surface area contributed by atoms with Crippen molar-refractivity contribution in [3.05, 3.63) is 0 Å². The quantitative estimate of drug-likeness (QED) is 0.815. The van der Waals surface area contributed by atoms with Crippen molar-refractivity contribution in [1.82, 2.24) is 4.90 Å². The molecule has 5 fully saturated rings. The molecule has 21 heavy (non-hydrogen) atoms. The summed E-state index contributed by atoms with van der Waals surface area (Å²) in [4.78, 5) is 13.6. The summed E-state index contributed by atoms with van der Waals surface area (Å²) < 4.78 is 0. The zero-order chi connectivity index (χ0) is 14.6. The molecule has 1 unspecified atom stereocenters. The Bertz CT molecular complexity index is 394. The number of carbonyl (C=O) groups is 1. The third kappa shape index (κ3) is 2.62. The monoisotopic (exact) mass is 291 g/mol. The van der Waals surface area contributed by atoms with E-state index in [2.05, 4.69) is 11.8 Å². The lowest BCUT2D eigenvalue weighted by atomic mass is 9.47. The van der Waals surface area contributed by atoms with Crippen molar-refractivity contribution in [2.24, 2.45) is 29.1 Å². The van der Waals surface area contributed by atoms with E-state index in [1.807, 2.05) is 0 Å². The number of aliphatic carboxylic acids is 1. The lowest BCUT2D eigenvalue weighted by molar-refractivity contribution is -0.142. The van der Waals surface area contributed by atoms with Crippen molar-refractivity contribution in [1.29, 1.82) is 0 Å². The summed E-state index contributed by atoms with van der Waals surface area (Å²) in [6.45, 7) is 3.62. The van der Waals surface area contributed by atoms with Crippen molar-refractivity contribution in [3.8, 4) is 0 Å². The Labute approximate surface area is 128 Å². The SMILES string of the molecule is CC(N(CC(=O)O)CC1CC1)C12CC3CC(CC(C3)C1)C2. The first-order valence-electron chi connectivity index (χ1n) is 9.00. The van der Waals surface area contributed by atoms with Crippen LogP contribution in [0.1, 0.15) is 58.3 Å². The van der Waals surface area contributed by atoms with E-state index in [1.54, 1.807) is 0 Å². The van der Waals surface area contributed by atoms with Crippen LogP contribution in [0.25, 0.3) is 0 Å². The first kappa shape index (κ1) is 14.0. The number of hydrogen-bond acceptors (Lipinski definition) is 2. The Morgan fingerprint density at radius 1 is 1.14 bits per heavy atom. The van der Waals surface area contributed by atoms with Crippen molar-refractivity contribution in [2.75, 3.05) is 13.1 Å². The molecule has 0 aliphatic heterocycles. The van der Waals surface area contributed by atoms with E-state index in [0.29, 0.717) is 11.5 Å². The summed E-state index contributed by atoms with van der Waals surface area (Å²) in [7, 11) is 0. The van der Waals surface area contributed by atoms with Crippen LogP contribution in [0.3, 0.4) is 0 Å². The zero-order valence-electron chi connectivity index (χ0n) is 13.3. The molecule has 3 heteroatoms. The standard InChI is InChI=1S/C18H29NO2/c1-12(19(11-17(20)21)10-13-2-3-13)18-7-14-4-15(8-18)6-16(5-14)9-18/h12-16H,2-11H2,1H3,(H,20,21). The van der Waals surface area contributed by atoms with Gasteiger partial charge in [-0.05, 0) is 87.4 Å². The van der Waals surface area contributed by atoms with E-state index >= 15 is 0 Å². The zero-order valence-corrected chi connectivity index (χ0v) is 13.3. The molecule has 4 bridgehead atoms. The molecule has 5 saturated carbocycles. The highest BCUT2D eigenvalue weighted by Gasteiger charge is 2.54. The van der Waals surface area contributed by atoms with Crippen LogP contribution in [0.2, 0.25) is 0 Å². The Morgan fingerprint density at radius 2 is 1.67 bits per heavy atom. The maximum atomic E-state index is 11.3. The van der Waals surface area contributed by atoms with Crippen LogP contribution in [-0.4, -0.2) is 35.1 Å². The third-order valence-corrected chi connectivity index (χ3v) is 7.05. The van der Waals surface area contributed by atoms with Crippen LogP contribution < -0.4 is 0 Å². The predicted molar refractivity (Wildman–Crippen MR) is 82.0 cm³/mol. The molecule has 5 aliphatic carbocycles. The molecule has 0 aromatic rings. The normalized spacial score (nSPS) is 42.5. The van der Waals surface area contributed by atoms with E-state index < -0.39 is 5.97 Å². The highest BCUT2D eigenvalue weighted by atomic mass is 16.4. The molecule has 0 radical (unpaired) electrons. The van der Waals surface area contributed by atoms with Gasteiger partial charge in [-0.25, -0.2) is 0 Å². The molecule has 0 heterocycles. The second-order valence-electron chi connectivity index (χ2n) is 8.72. The average Bonchev–Trinajstić information content (AvgIpc) is 3.19. The van der Waals surface area contributed by atoms with E-state index in [1.165, 1.54) is 51.4 Å². The summed E-state index contributed by atoms with van der Waals surface area (Å²) >= 11 is 0. The highest BCUT2D eigenvalue weighted by Crippen LogP contribution is 2.62. The molecular weight excluding hydrogens is 262 g/mol. The predicted octanol–water partition coefficient (Wildman–Crippen LogP) is 3.39. The Hall–Kier alpha value is -0.570. The van der Waals surface area contributed by atoms with Gasteiger partial charge >= 0.3 is 5.97 Å². The summed E-state index contributed by atoms with van der Waals surface area (Å²) in [6, 6.07) is 0.461. The fourth-order valence-electron chi connectivity index (χ4n) is 6.24. The van der Waals surface area contributed by atoms with Crippen molar-refractivity contribution in [3.63, 3.8) is 0 Å². The van der Waals surface area contributed by atoms with Gasteiger partial charge < -0.3 is 5.11 Å². The molecule has 0 spiro atoms. The van der Waals surface area contributed by atoms with E-state index in [-0.39, 0.29) is 6.54 Å². The first-order valence-corrected chi connectivity index (χ1v) is 9.00. The number of nitrogens with zero attached hydrogens (tertiary/aromatic N) is 1. The molecule has 0 amide bonds. The van der Waals surface area contributed by atoms with Gasteiger partial charge in [0.25, 0.3) is 0 Å². The van der Waals surface area contributed by atoms with Crippen LogP contribution >= 0.6 is 0 Å². The summed E-state index contributed by atoms with van der Waals surface area (Å²) in [5.41, 5.74) is 0.444. The van der Waals surface area contributed by atoms with Crippen molar-refractivity contribution in [2.45, 2.75) is 64.3 Å². The average molecular weight is 291 g/mol. The fraction of sp³-hybridized carbons (Fsp3) is 0.944. The lowest BCUT2D eigenvalue weighted by Crippen LogP contribution is -2.57. The molecular formula is C18H29NO2. The minimum Gasteiger partial charge on any atom is -0.480 e. The summed E-state index contributed by atoms with van der Waals surface area (Å²) in [5, 5.41) is 9.31. The van der Waals surface area contributed by atoms with Gasteiger partial charge in [0.1, 0.15) is 0 Å². The maximum Gasteiger partial charge on any atom is 0.317 e. The molecule has 0 saturated heterocycles. The molecule has 118 valence electrons. The van der Waals surface area contributed by atoms with E-state index in [0.717, 1.165) is 30.2 Å². The smallest absolute Gasteiger partial charge is 0.317 e. The Morgan fingerprint density at radius 3 is 2.10 bits per heavy atom. The fourth-order valence-corrected chi connectivity index (χ4v) is 6.24. The molecule has 5 rings (SSSR count). The largest absolute Gasteiger partial charge is 0.480 e. The Kier molecular flexibility index (Phi) is 3.33. The van der Waals surface area contributed by atoms with Crippen LogP contribution in [0, 0.1) is 29.1 Å². The van der Waals surface area contributed by atoms with Gasteiger partial charge in [0.05, 0.1) is 6.54 Å². The van der Waals surface area contributed by atoms with Gasteiger partial charge in [-0.1, -0.05) is 0 Å². The van der Waals surface area contributed by atoms with Gasteiger partial charge in [-0.15, -0.1) is 0 Å². The van der Waals surface area contributed by atoms with Crippen LogP contribution in [-0.2, 0) is 4.79 Å². The maximum absolute atomic E-state index is 11.3. The summed E-state index contributed by atoms with van der Waals surface area (Å²) in [6.07, 6.45) is 11.1. The van der Waals surface area contributed by atoms with Gasteiger partial charge in [0.15, 0.2) is 0 Å². The number of carboxylic acids is 1. The van der Waals surface area contributed by atoms with Gasteiger partial charge in [0, 0.05) is 12.6 Å². The first-order chi connectivity index (χ1) is 10.0.